The van der Waals surface area contributed by atoms with Gasteiger partial charge in [0.15, 0.2) is 23.0 Å². The van der Waals surface area contributed by atoms with Crippen LogP contribution in [0, 0.1) is 0 Å². The van der Waals surface area contributed by atoms with E-state index in [2.05, 4.69) is 46.2 Å². The highest BCUT2D eigenvalue weighted by molar-refractivity contribution is 6.31. The van der Waals surface area contributed by atoms with Crippen LogP contribution >= 0.6 is 11.6 Å². The lowest BCUT2D eigenvalue weighted by Crippen LogP contribution is -2.36. The van der Waals surface area contributed by atoms with Gasteiger partial charge in [-0.2, -0.15) is 0 Å². The Balaban J connectivity index is 1.57. The summed E-state index contributed by atoms with van der Waals surface area (Å²) >= 11 is 6.82. The van der Waals surface area contributed by atoms with Crippen molar-refractivity contribution in [1.29, 1.82) is 0 Å². The first-order chi connectivity index (χ1) is 17.6. The summed E-state index contributed by atoms with van der Waals surface area (Å²) in [7, 11) is 6.79. The largest absolute Gasteiger partial charge is 0.493 e. The average molecular weight is 507 g/mol. The van der Waals surface area contributed by atoms with Gasteiger partial charge in [0.25, 0.3) is 0 Å². The van der Waals surface area contributed by atoms with Crippen LogP contribution in [-0.4, -0.2) is 51.3 Å². The topological polar surface area (TPSA) is 43.4 Å². The van der Waals surface area contributed by atoms with Crippen LogP contribution in [0.3, 0.4) is 0 Å². The molecule has 0 bridgehead atoms. The Kier molecular flexibility index (Phi) is 5.98. The van der Waals surface area contributed by atoms with Crippen molar-refractivity contribution in [2.75, 3.05) is 41.5 Å². The maximum Gasteiger partial charge on any atom is 0.161 e. The van der Waals surface area contributed by atoms with E-state index in [0.29, 0.717) is 0 Å². The number of halogens is 1. The number of benzene rings is 3. The van der Waals surface area contributed by atoms with Gasteiger partial charge in [-0.15, -0.1) is 0 Å². The highest BCUT2D eigenvalue weighted by Gasteiger charge is 2.53. The molecule has 188 valence electrons. The fraction of sp³-hybridized carbons (Fsp3) is 0.379. The molecule has 6 rings (SSSR count). The smallest absolute Gasteiger partial charge is 0.161 e. The Morgan fingerprint density at radius 3 is 1.53 bits per heavy atom. The quantitative estimate of drug-likeness (QED) is 0.450. The van der Waals surface area contributed by atoms with E-state index in [-0.39, 0.29) is 18.2 Å². The second-order valence-electron chi connectivity index (χ2n) is 9.57. The highest BCUT2D eigenvalue weighted by Crippen LogP contribution is 2.58. The van der Waals surface area contributed by atoms with E-state index in [4.69, 9.17) is 30.5 Å². The normalized spacial score (nSPS) is 21.2. The predicted molar refractivity (Wildman–Crippen MR) is 140 cm³/mol. The SMILES string of the molecule is COc1cc2c(cc1OC)[C@H]1[C@@H]3c4cc(OC)c(OC)cc4CCN3C(c3ccccc3Cl)N1CC2. The molecule has 0 radical (unpaired) electrons. The molecule has 6 nitrogen and oxygen atoms in total. The Bertz CT molecular complexity index is 1240. The fourth-order valence-corrected chi connectivity index (χ4v) is 6.71. The van der Waals surface area contributed by atoms with Crippen molar-refractivity contribution in [2.24, 2.45) is 0 Å². The Morgan fingerprint density at radius 2 is 1.08 bits per heavy atom. The van der Waals surface area contributed by atoms with Gasteiger partial charge in [0, 0.05) is 23.7 Å². The number of nitrogens with zero attached hydrogens (tertiary/aromatic N) is 2. The van der Waals surface area contributed by atoms with Gasteiger partial charge in [0.1, 0.15) is 0 Å². The lowest BCUT2D eigenvalue weighted by Gasteiger charge is -2.37. The lowest BCUT2D eigenvalue weighted by molar-refractivity contribution is 0.108. The van der Waals surface area contributed by atoms with Gasteiger partial charge in [-0.25, -0.2) is 0 Å². The molecule has 3 aromatic rings. The molecule has 0 N–H and O–H groups in total. The minimum absolute atomic E-state index is 0.0798. The van der Waals surface area contributed by atoms with E-state index >= 15 is 0 Å². The van der Waals surface area contributed by atoms with Crippen LogP contribution in [0.1, 0.15) is 46.1 Å². The van der Waals surface area contributed by atoms with Crippen LogP contribution in [0.2, 0.25) is 5.02 Å². The molecule has 0 aromatic heterocycles. The van der Waals surface area contributed by atoms with Gasteiger partial charge in [0.2, 0.25) is 0 Å². The first-order valence-electron chi connectivity index (χ1n) is 12.3. The molecular formula is C29H31ClN2O4. The Labute approximate surface area is 217 Å². The summed E-state index contributed by atoms with van der Waals surface area (Å²) in [6.45, 7) is 1.86. The van der Waals surface area contributed by atoms with Crippen LogP contribution in [0.15, 0.2) is 48.5 Å². The van der Waals surface area contributed by atoms with Gasteiger partial charge in [-0.05, 0) is 65.4 Å². The van der Waals surface area contributed by atoms with E-state index in [1.165, 1.54) is 22.3 Å². The van der Waals surface area contributed by atoms with Crippen molar-refractivity contribution < 1.29 is 18.9 Å². The van der Waals surface area contributed by atoms with Gasteiger partial charge < -0.3 is 18.9 Å². The average Bonchev–Trinajstić information content (AvgIpc) is 3.26. The molecule has 36 heavy (non-hydrogen) atoms. The van der Waals surface area contributed by atoms with E-state index in [9.17, 15) is 0 Å². The molecule has 0 unspecified atom stereocenters. The third-order valence-corrected chi connectivity index (χ3v) is 8.38. The molecule has 2 atom stereocenters. The van der Waals surface area contributed by atoms with Crippen molar-refractivity contribution in [3.05, 3.63) is 81.4 Å². The van der Waals surface area contributed by atoms with Crippen LogP contribution in [-0.2, 0) is 12.8 Å². The number of rotatable bonds is 5. The first kappa shape index (κ1) is 23.5. The zero-order valence-electron chi connectivity index (χ0n) is 21.1. The maximum atomic E-state index is 6.82. The number of fused-ring (bicyclic) bond motifs is 7. The zero-order chi connectivity index (χ0) is 25.0. The summed E-state index contributed by atoms with van der Waals surface area (Å²) in [5, 5.41) is 0.804. The number of methoxy groups -OCH3 is 4. The minimum Gasteiger partial charge on any atom is -0.493 e. The van der Waals surface area contributed by atoms with Crippen LogP contribution < -0.4 is 18.9 Å². The zero-order valence-corrected chi connectivity index (χ0v) is 21.8. The molecule has 0 saturated carbocycles. The lowest BCUT2D eigenvalue weighted by atomic mass is 9.82. The molecular weight excluding hydrogens is 476 g/mol. The third kappa shape index (κ3) is 3.46. The van der Waals surface area contributed by atoms with Crippen molar-refractivity contribution in [2.45, 2.75) is 31.1 Å². The van der Waals surface area contributed by atoms with E-state index in [1.54, 1.807) is 28.4 Å². The molecule has 3 heterocycles. The number of hydrogen-bond acceptors (Lipinski definition) is 6. The second kappa shape index (κ2) is 9.18. The first-order valence-corrected chi connectivity index (χ1v) is 12.7. The monoisotopic (exact) mass is 506 g/mol. The molecule has 0 aliphatic carbocycles. The molecule has 1 saturated heterocycles. The molecule has 1 fully saturated rings. The summed E-state index contributed by atoms with van der Waals surface area (Å²) in [6, 6.07) is 17.2. The molecule has 3 aliphatic rings. The maximum absolute atomic E-state index is 6.82. The molecule has 3 aromatic carbocycles. The van der Waals surface area contributed by atoms with Gasteiger partial charge in [-0.3, -0.25) is 9.80 Å². The Morgan fingerprint density at radius 1 is 0.639 bits per heavy atom. The van der Waals surface area contributed by atoms with Crippen molar-refractivity contribution in [3.63, 3.8) is 0 Å². The van der Waals surface area contributed by atoms with Crippen LogP contribution in [0.25, 0.3) is 0 Å². The van der Waals surface area contributed by atoms with Crippen LogP contribution in [0.5, 0.6) is 23.0 Å². The van der Waals surface area contributed by atoms with E-state index in [0.717, 1.165) is 59.5 Å². The summed E-state index contributed by atoms with van der Waals surface area (Å²) in [6.07, 6.45) is 1.95. The van der Waals surface area contributed by atoms with E-state index < -0.39 is 0 Å². The van der Waals surface area contributed by atoms with Gasteiger partial charge in [-0.1, -0.05) is 29.8 Å². The highest BCUT2D eigenvalue weighted by atomic mass is 35.5. The molecule has 7 heteroatoms. The second-order valence-corrected chi connectivity index (χ2v) is 9.98. The van der Waals surface area contributed by atoms with Gasteiger partial charge >= 0.3 is 0 Å². The minimum atomic E-state index is 0.0798. The van der Waals surface area contributed by atoms with E-state index in [1.807, 2.05) is 12.1 Å². The number of ether oxygens (including phenoxy) is 4. The van der Waals surface area contributed by atoms with Crippen molar-refractivity contribution in [3.8, 4) is 23.0 Å². The van der Waals surface area contributed by atoms with Crippen LogP contribution in [0.4, 0.5) is 0 Å². The molecule has 0 spiro atoms. The molecule has 0 amide bonds. The summed E-state index contributed by atoms with van der Waals surface area (Å²) in [5.41, 5.74) is 6.33. The van der Waals surface area contributed by atoms with Crippen molar-refractivity contribution >= 4 is 11.6 Å². The summed E-state index contributed by atoms with van der Waals surface area (Å²) < 4.78 is 22.8. The summed E-state index contributed by atoms with van der Waals surface area (Å²) in [4.78, 5) is 5.23. The van der Waals surface area contributed by atoms with Crippen molar-refractivity contribution in [1.82, 2.24) is 9.80 Å². The number of hydrogen-bond donors (Lipinski definition) is 0. The standard InChI is InChI=1S/C29H31ClN2O4/c1-33-23-13-17-9-11-31-27(20(17)15-25(23)35-3)28-21-16-26(36-4)24(34-2)14-18(21)10-12-32(28)29(31)19-7-5-6-8-22(19)30/h5-8,13-16,27-29H,9-12H2,1-4H3/t27-,28-/m0/s1. The predicted octanol–water partition coefficient (Wildman–Crippen LogP) is 5.59. The summed E-state index contributed by atoms with van der Waals surface area (Å²) in [5.74, 6) is 3.07. The van der Waals surface area contributed by atoms with Gasteiger partial charge in [0.05, 0.1) is 46.7 Å². The third-order valence-electron chi connectivity index (χ3n) is 8.03. The molecule has 3 aliphatic heterocycles. The Hall–Kier alpha value is -2.93. The fourth-order valence-electron chi connectivity index (χ4n) is 6.48.